The van der Waals surface area contributed by atoms with Gasteiger partial charge in [0.2, 0.25) is 0 Å². The van der Waals surface area contributed by atoms with Crippen molar-refractivity contribution in [1.82, 2.24) is 15.1 Å². The van der Waals surface area contributed by atoms with E-state index in [4.69, 9.17) is 0 Å². The lowest BCUT2D eigenvalue weighted by Gasteiger charge is -2.39. The summed E-state index contributed by atoms with van der Waals surface area (Å²) in [6.07, 6.45) is 9.58. The molecule has 0 aromatic rings. The van der Waals surface area contributed by atoms with Crippen molar-refractivity contribution in [3.8, 4) is 0 Å². The molecule has 1 aliphatic rings. The Morgan fingerprint density at radius 2 is 1.63 bits per heavy atom. The van der Waals surface area contributed by atoms with Crippen LogP contribution in [0.1, 0.15) is 51.9 Å². The molecular weight excluding hydrogens is 234 g/mol. The molecule has 114 valence electrons. The minimum atomic E-state index is 0.433. The Hall–Kier alpha value is -0.120. The fourth-order valence-electron chi connectivity index (χ4n) is 3.22. The van der Waals surface area contributed by atoms with E-state index >= 15 is 0 Å². The van der Waals surface area contributed by atoms with Gasteiger partial charge < -0.3 is 15.1 Å². The summed E-state index contributed by atoms with van der Waals surface area (Å²) in [5.74, 6) is 0. The number of hydrogen-bond donors (Lipinski definition) is 1. The molecule has 1 fully saturated rings. The van der Waals surface area contributed by atoms with E-state index in [0.29, 0.717) is 5.54 Å². The second-order valence-corrected chi connectivity index (χ2v) is 6.49. The third-order valence-electron chi connectivity index (χ3n) is 4.65. The van der Waals surface area contributed by atoms with Gasteiger partial charge in [0.25, 0.3) is 0 Å². The largest absolute Gasteiger partial charge is 0.314 e. The van der Waals surface area contributed by atoms with Crippen LogP contribution in [0.25, 0.3) is 0 Å². The molecule has 3 nitrogen and oxygen atoms in total. The number of nitrogens with one attached hydrogen (secondary N) is 1. The van der Waals surface area contributed by atoms with Crippen LogP contribution in [0.2, 0.25) is 0 Å². The maximum Gasteiger partial charge on any atom is 0.0190 e. The Balaban J connectivity index is 2.39. The Kier molecular flexibility index (Phi) is 7.96. The maximum atomic E-state index is 3.64. The SMILES string of the molecule is CCCN(CCN(C)C)CCC1(NC)CCCCC1. The smallest absolute Gasteiger partial charge is 0.0190 e. The van der Waals surface area contributed by atoms with Gasteiger partial charge >= 0.3 is 0 Å². The van der Waals surface area contributed by atoms with E-state index in [1.54, 1.807) is 0 Å². The third kappa shape index (κ3) is 6.24. The molecule has 0 saturated heterocycles. The van der Waals surface area contributed by atoms with Crippen molar-refractivity contribution in [1.29, 1.82) is 0 Å². The van der Waals surface area contributed by atoms with Crippen LogP contribution in [0.5, 0.6) is 0 Å². The summed E-state index contributed by atoms with van der Waals surface area (Å²) < 4.78 is 0. The first-order valence-electron chi connectivity index (χ1n) is 8.18. The number of rotatable bonds is 9. The van der Waals surface area contributed by atoms with Crippen LogP contribution < -0.4 is 5.32 Å². The Bertz CT molecular complexity index is 222. The van der Waals surface area contributed by atoms with Crippen molar-refractivity contribution < 1.29 is 0 Å². The van der Waals surface area contributed by atoms with Gasteiger partial charge in [-0.15, -0.1) is 0 Å². The van der Waals surface area contributed by atoms with Gasteiger partial charge in [0.1, 0.15) is 0 Å². The highest BCUT2D eigenvalue weighted by Crippen LogP contribution is 2.30. The van der Waals surface area contributed by atoms with Crippen LogP contribution in [0.3, 0.4) is 0 Å². The molecule has 0 amide bonds. The lowest BCUT2D eigenvalue weighted by Crippen LogP contribution is -2.47. The Morgan fingerprint density at radius 1 is 0.947 bits per heavy atom. The van der Waals surface area contributed by atoms with Crippen molar-refractivity contribution in [2.24, 2.45) is 0 Å². The first kappa shape index (κ1) is 16.9. The average Bonchev–Trinajstić information content (AvgIpc) is 2.43. The summed E-state index contributed by atoms with van der Waals surface area (Å²) in [6, 6.07) is 0. The quantitative estimate of drug-likeness (QED) is 0.694. The van der Waals surface area contributed by atoms with Crippen LogP contribution in [-0.2, 0) is 0 Å². The van der Waals surface area contributed by atoms with E-state index in [-0.39, 0.29) is 0 Å². The van der Waals surface area contributed by atoms with Gasteiger partial charge in [0, 0.05) is 18.6 Å². The normalized spacial score (nSPS) is 19.3. The van der Waals surface area contributed by atoms with Crippen LogP contribution in [0, 0.1) is 0 Å². The van der Waals surface area contributed by atoms with Gasteiger partial charge in [-0.25, -0.2) is 0 Å². The van der Waals surface area contributed by atoms with Crippen LogP contribution >= 0.6 is 0 Å². The first-order valence-corrected chi connectivity index (χ1v) is 8.18. The molecule has 19 heavy (non-hydrogen) atoms. The van der Waals surface area contributed by atoms with Crippen LogP contribution in [0.4, 0.5) is 0 Å². The van der Waals surface area contributed by atoms with Crippen molar-refractivity contribution in [2.45, 2.75) is 57.4 Å². The first-order chi connectivity index (χ1) is 9.12. The second kappa shape index (κ2) is 8.93. The maximum absolute atomic E-state index is 3.64. The zero-order valence-electron chi connectivity index (χ0n) is 13.7. The predicted molar refractivity (Wildman–Crippen MR) is 84.8 cm³/mol. The van der Waals surface area contributed by atoms with Gasteiger partial charge in [0.15, 0.2) is 0 Å². The Morgan fingerprint density at radius 3 is 2.16 bits per heavy atom. The summed E-state index contributed by atoms with van der Waals surface area (Å²) in [4.78, 5) is 4.94. The molecular formula is C16H35N3. The minimum Gasteiger partial charge on any atom is -0.314 e. The van der Waals surface area contributed by atoms with Gasteiger partial charge in [-0.05, 0) is 59.9 Å². The van der Waals surface area contributed by atoms with Crippen molar-refractivity contribution in [3.05, 3.63) is 0 Å². The molecule has 0 heterocycles. The van der Waals surface area contributed by atoms with Gasteiger partial charge in [-0.3, -0.25) is 0 Å². The van der Waals surface area contributed by atoms with E-state index < -0.39 is 0 Å². The van der Waals surface area contributed by atoms with Crippen LogP contribution in [-0.4, -0.2) is 62.7 Å². The molecule has 1 aliphatic carbocycles. The molecule has 1 rings (SSSR count). The van der Waals surface area contributed by atoms with Crippen molar-refractivity contribution >= 4 is 0 Å². The lowest BCUT2D eigenvalue weighted by molar-refractivity contribution is 0.174. The molecule has 0 atom stereocenters. The molecule has 3 heteroatoms. The van der Waals surface area contributed by atoms with E-state index in [1.807, 2.05) is 0 Å². The fourth-order valence-corrected chi connectivity index (χ4v) is 3.22. The minimum absolute atomic E-state index is 0.433. The van der Waals surface area contributed by atoms with Gasteiger partial charge in [0.05, 0.1) is 0 Å². The molecule has 0 aliphatic heterocycles. The number of likely N-dealkylation sites (N-methyl/N-ethyl adjacent to an activating group) is 1. The van der Waals surface area contributed by atoms with E-state index in [2.05, 4.69) is 43.2 Å². The highest BCUT2D eigenvalue weighted by atomic mass is 15.2. The molecule has 0 aromatic heterocycles. The summed E-state index contributed by atoms with van der Waals surface area (Å²) in [7, 11) is 6.50. The monoisotopic (exact) mass is 269 g/mol. The molecule has 0 aromatic carbocycles. The van der Waals surface area contributed by atoms with Crippen molar-refractivity contribution in [2.75, 3.05) is 47.3 Å². The standard InChI is InChI=1S/C16H35N3/c1-5-12-19(15-14-18(3)4)13-11-16(17-2)9-7-6-8-10-16/h17H,5-15H2,1-4H3. The topological polar surface area (TPSA) is 18.5 Å². The summed E-state index contributed by atoms with van der Waals surface area (Å²) in [6.45, 7) is 7.17. The number of nitrogens with zero attached hydrogens (tertiary/aromatic N) is 2. The molecule has 1 saturated carbocycles. The zero-order chi connectivity index (χ0) is 14.1. The van der Waals surface area contributed by atoms with Crippen molar-refractivity contribution in [3.63, 3.8) is 0 Å². The molecule has 0 unspecified atom stereocenters. The highest BCUT2D eigenvalue weighted by Gasteiger charge is 2.30. The van der Waals surface area contributed by atoms with E-state index in [0.717, 1.165) is 0 Å². The Labute approximate surface area is 120 Å². The second-order valence-electron chi connectivity index (χ2n) is 6.49. The van der Waals surface area contributed by atoms with Gasteiger partial charge in [-0.1, -0.05) is 26.2 Å². The number of hydrogen-bond acceptors (Lipinski definition) is 3. The lowest BCUT2D eigenvalue weighted by atomic mass is 9.79. The predicted octanol–water partition coefficient (Wildman–Crippen LogP) is 2.57. The third-order valence-corrected chi connectivity index (χ3v) is 4.65. The molecule has 0 radical (unpaired) electrons. The fraction of sp³-hybridized carbons (Fsp3) is 1.00. The molecule has 1 N–H and O–H groups in total. The van der Waals surface area contributed by atoms with Crippen LogP contribution in [0.15, 0.2) is 0 Å². The average molecular weight is 269 g/mol. The summed E-state index contributed by atoms with van der Waals surface area (Å²) in [5.41, 5.74) is 0.433. The van der Waals surface area contributed by atoms with E-state index in [1.165, 1.54) is 71.1 Å². The summed E-state index contributed by atoms with van der Waals surface area (Å²) >= 11 is 0. The highest BCUT2D eigenvalue weighted by molar-refractivity contribution is 4.90. The van der Waals surface area contributed by atoms with Gasteiger partial charge in [-0.2, -0.15) is 0 Å². The zero-order valence-corrected chi connectivity index (χ0v) is 13.7. The summed E-state index contributed by atoms with van der Waals surface area (Å²) in [5, 5.41) is 3.64. The molecule has 0 bridgehead atoms. The molecule has 0 spiro atoms. The van der Waals surface area contributed by atoms with E-state index in [9.17, 15) is 0 Å².